The molecule has 2 N–H and O–H groups in total. The van der Waals surface area contributed by atoms with Crippen LogP contribution in [0.1, 0.15) is 17.0 Å². The maximum absolute atomic E-state index is 12.5. The van der Waals surface area contributed by atoms with Gasteiger partial charge < -0.3 is 0 Å². The Morgan fingerprint density at radius 1 is 1.03 bits per heavy atom. The van der Waals surface area contributed by atoms with Crippen molar-refractivity contribution in [3.63, 3.8) is 0 Å². The van der Waals surface area contributed by atoms with E-state index in [0.717, 1.165) is 22.3 Å². The topological polar surface area (TPSA) is 93.7 Å². The van der Waals surface area contributed by atoms with Crippen LogP contribution in [0.15, 0.2) is 48.5 Å². The Hall–Kier alpha value is -2.31. The fourth-order valence-corrected chi connectivity index (χ4v) is 10.8. The Kier molecular flexibility index (Phi) is 6.98. The molecule has 1 aliphatic heterocycles. The molecule has 0 bridgehead atoms. The van der Waals surface area contributed by atoms with Gasteiger partial charge in [-0.2, -0.15) is 0 Å². The zero-order valence-electron chi connectivity index (χ0n) is 16.8. The molecule has 0 radical (unpaired) electrons. The van der Waals surface area contributed by atoms with Crippen LogP contribution in [-0.2, 0) is 19.1 Å². The van der Waals surface area contributed by atoms with Crippen LogP contribution in [-0.4, -0.2) is 70.0 Å². The van der Waals surface area contributed by atoms with E-state index in [4.69, 9.17) is 9.47 Å². The van der Waals surface area contributed by atoms with Crippen LogP contribution in [0.25, 0.3) is 11.1 Å². The quantitative estimate of drug-likeness (QED) is 0.446. The summed E-state index contributed by atoms with van der Waals surface area (Å²) in [6, 6.07) is 14.9. The van der Waals surface area contributed by atoms with Gasteiger partial charge in [-0.15, -0.1) is 0 Å². The molecule has 0 spiro atoms. The number of amides is 2. The van der Waals surface area contributed by atoms with Gasteiger partial charge in [0.1, 0.15) is 0 Å². The normalized spacial score (nSPS) is 20.5. The number of fused-ring (bicyclic) bond motifs is 3. The Labute approximate surface area is 191 Å². The number of carbonyl (C=O) groups is 3. The van der Waals surface area contributed by atoms with Crippen LogP contribution in [0.5, 0.6) is 0 Å². The van der Waals surface area contributed by atoms with E-state index in [0.29, 0.717) is 10.6 Å². The summed E-state index contributed by atoms with van der Waals surface area (Å²) in [4.78, 5) is 36.9. The Balaban J connectivity index is 1.39. The molecular weight excluding hydrogens is 530 g/mol. The molecule has 31 heavy (non-hydrogen) atoms. The average Bonchev–Trinajstić information content (AvgIpc) is 3.10. The number of alkyl carbamates (subject to hydrolysis) is 1. The summed E-state index contributed by atoms with van der Waals surface area (Å²) in [6.07, 6.45) is -0.625. The molecule has 2 amide bonds. The summed E-state index contributed by atoms with van der Waals surface area (Å²) in [6.45, 7) is 0.189. The Morgan fingerprint density at radius 3 is 2.29 bits per heavy atom. The number of nitrogens with one attached hydrogen (secondary N) is 2. The van der Waals surface area contributed by atoms with Crippen molar-refractivity contribution >= 4 is 44.2 Å². The Bertz CT molecular complexity index is 954. The second kappa shape index (κ2) is 9.88. The minimum atomic E-state index is -0.704. The Morgan fingerprint density at radius 2 is 1.65 bits per heavy atom. The molecule has 1 saturated heterocycles. The molecule has 9 heteroatoms. The van der Waals surface area contributed by atoms with Crippen LogP contribution in [0.2, 0.25) is 10.6 Å². The zero-order valence-corrected chi connectivity index (χ0v) is 20.3. The summed E-state index contributed by atoms with van der Waals surface area (Å²) in [5.41, 5.74) is 4.58. The van der Waals surface area contributed by atoms with Gasteiger partial charge in [-0.3, -0.25) is 0 Å². The van der Waals surface area contributed by atoms with Gasteiger partial charge in [0.05, 0.1) is 0 Å². The summed E-state index contributed by atoms with van der Waals surface area (Å²) in [5, 5.41) is 6.57. The molecule has 4 rings (SSSR count). The van der Waals surface area contributed by atoms with Gasteiger partial charge in [-0.1, -0.05) is 0 Å². The number of ether oxygens (including phenoxy) is 2. The SMILES string of the molecule is COC(=O)[C@@H]1C[Se][Se]C[C@H](NC(=O)OCC2c3ccccc3-c3ccccc32)C(=O)N1. The monoisotopic (exact) mass is 554 g/mol. The molecule has 2 aliphatic rings. The van der Waals surface area contributed by atoms with Gasteiger partial charge in [0, 0.05) is 0 Å². The fraction of sp³-hybridized carbons (Fsp3) is 0.318. The van der Waals surface area contributed by atoms with Crippen molar-refractivity contribution in [2.45, 2.75) is 28.6 Å². The van der Waals surface area contributed by atoms with Crippen molar-refractivity contribution in [2.75, 3.05) is 13.7 Å². The number of hydrogen-bond donors (Lipinski definition) is 2. The molecule has 0 saturated carbocycles. The van der Waals surface area contributed by atoms with Gasteiger partial charge in [0.15, 0.2) is 0 Å². The van der Waals surface area contributed by atoms with Crippen molar-refractivity contribution in [1.29, 1.82) is 0 Å². The zero-order chi connectivity index (χ0) is 21.8. The van der Waals surface area contributed by atoms with E-state index in [-0.39, 0.29) is 44.7 Å². The third-order valence-corrected chi connectivity index (χ3v) is 12.4. The predicted molar refractivity (Wildman–Crippen MR) is 117 cm³/mol. The molecule has 0 aromatic heterocycles. The molecular formula is C22H22N2O5Se2. The first-order chi connectivity index (χ1) is 15.1. The number of carbonyl (C=O) groups excluding carboxylic acids is 3. The maximum atomic E-state index is 12.5. The molecule has 162 valence electrons. The molecule has 7 nitrogen and oxygen atoms in total. The van der Waals surface area contributed by atoms with E-state index < -0.39 is 24.1 Å². The van der Waals surface area contributed by atoms with Crippen molar-refractivity contribution in [1.82, 2.24) is 10.6 Å². The van der Waals surface area contributed by atoms with Crippen LogP contribution in [0.4, 0.5) is 4.79 Å². The summed E-state index contributed by atoms with van der Waals surface area (Å²) < 4.78 is 10.3. The molecule has 1 heterocycles. The second-order valence-electron chi connectivity index (χ2n) is 7.18. The standard InChI is InChI=1S/C22H22N2O5Se2/c1-28-21(26)19-12-31-30-11-18(20(25)23-19)24-22(27)29-10-17-15-8-4-2-6-13(15)14-7-3-5-9-16(14)17/h2-9,17-19H,10-12H2,1H3,(H,23,25)(H,24,27)/t18-,19-/m0/s1. The van der Waals surface area contributed by atoms with Crippen LogP contribution in [0, 0.1) is 0 Å². The van der Waals surface area contributed by atoms with Crippen molar-refractivity contribution in [3.05, 3.63) is 59.7 Å². The van der Waals surface area contributed by atoms with Gasteiger partial charge >= 0.3 is 192 Å². The number of esters is 1. The number of benzene rings is 2. The molecule has 2 aromatic rings. The van der Waals surface area contributed by atoms with Gasteiger partial charge in [-0.05, 0) is 0 Å². The van der Waals surface area contributed by atoms with E-state index >= 15 is 0 Å². The van der Waals surface area contributed by atoms with E-state index in [2.05, 4.69) is 34.9 Å². The first-order valence-electron chi connectivity index (χ1n) is 9.82. The average molecular weight is 552 g/mol. The van der Waals surface area contributed by atoms with Crippen LogP contribution < -0.4 is 10.6 Å². The third kappa shape index (κ3) is 4.80. The molecule has 2 atom stereocenters. The van der Waals surface area contributed by atoms with Crippen molar-refractivity contribution in [3.8, 4) is 11.1 Å². The fourth-order valence-electron chi connectivity index (χ4n) is 3.78. The minimum absolute atomic E-state index is 0.0411. The number of methoxy groups -OCH3 is 1. The predicted octanol–water partition coefficient (Wildman–Crippen LogP) is 1.73. The number of hydrogen-bond acceptors (Lipinski definition) is 5. The van der Waals surface area contributed by atoms with Gasteiger partial charge in [-0.25, -0.2) is 0 Å². The summed E-state index contributed by atoms with van der Waals surface area (Å²) in [5.74, 6) is -0.866. The van der Waals surface area contributed by atoms with E-state index in [9.17, 15) is 14.4 Å². The van der Waals surface area contributed by atoms with Crippen molar-refractivity contribution in [2.24, 2.45) is 0 Å². The van der Waals surface area contributed by atoms with Gasteiger partial charge in [0.2, 0.25) is 0 Å². The van der Waals surface area contributed by atoms with Gasteiger partial charge in [0.25, 0.3) is 0 Å². The molecule has 2 aromatic carbocycles. The summed E-state index contributed by atoms with van der Waals surface area (Å²) in [7, 11) is 1.30. The van der Waals surface area contributed by atoms with Crippen molar-refractivity contribution < 1.29 is 23.9 Å². The number of rotatable bonds is 4. The third-order valence-electron chi connectivity index (χ3n) is 5.31. The first kappa shape index (κ1) is 21.9. The second-order valence-corrected chi connectivity index (χ2v) is 14.7. The molecule has 0 unspecified atom stereocenters. The first-order valence-corrected chi connectivity index (χ1v) is 16.6. The molecule has 1 fully saturated rings. The van der Waals surface area contributed by atoms with Crippen LogP contribution in [0.3, 0.4) is 0 Å². The summed E-state index contributed by atoms with van der Waals surface area (Å²) >= 11 is 0.430. The van der Waals surface area contributed by atoms with E-state index in [1.165, 1.54) is 7.11 Å². The molecule has 1 aliphatic carbocycles. The van der Waals surface area contributed by atoms with E-state index in [1.54, 1.807) is 0 Å². The van der Waals surface area contributed by atoms with E-state index in [1.807, 2.05) is 24.3 Å². The van der Waals surface area contributed by atoms with Crippen LogP contribution >= 0.6 is 0 Å².